The van der Waals surface area contributed by atoms with Gasteiger partial charge in [0.2, 0.25) is 0 Å². The molecule has 23 heavy (non-hydrogen) atoms. The average molecular weight is 447 g/mol. The molecule has 0 fully saturated rings. The Kier molecular flexibility index (Phi) is 9.31. The van der Waals surface area contributed by atoms with Crippen LogP contribution in [0.1, 0.15) is 31.6 Å². The van der Waals surface area contributed by atoms with Crippen LogP contribution in [0.4, 0.5) is 0 Å². The SMILES string of the molecule is CCC(C)NC(=NCCc1ccco1)N(C)Cc1ccsc1.I. The highest BCUT2D eigenvalue weighted by atomic mass is 127. The Bertz CT molecular complexity index is 554. The molecular formula is C17H26IN3OS. The second kappa shape index (κ2) is 10.7. The Labute approximate surface area is 160 Å². The van der Waals surface area contributed by atoms with Crippen molar-refractivity contribution in [2.45, 2.75) is 39.3 Å². The van der Waals surface area contributed by atoms with E-state index in [4.69, 9.17) is 9.41 Å². The van der Waals surface area contributed by atoms with E-state index >= 15 is 0 Å². The minimum absolute atomic E-state index is 0. The molecule has 2 aromatic heterocycles. The number of nitrogens with zero attached hydrogens (tertiary/aromatic N) is 2. The van der Waals surface area contributed by atoms with E-state index in [-0.39, 0.29) is 24.0 Å². The highest BCUT2D eigenvalue weighted by Crippen LogP contribution is 2.09. The number of halogens is 1. The molecule has 0 aliphatic heterocycles. The lowest BCUT2D eigenvalue weighted by atomic mass is 10.2. The Hall–Kier alpha value is -1.02. The molecule has 1 atom stereocenters. The zero-order valence-electron chi connectivity index (χ0n) is 14.0. The molecule has 2 heterocycles. The molecule has 0 aliphatic rings. The summed E-state index contributed by atoms with van der Waals surface area (Å²) in [6.07, 6.45) is 3.61. The summed E-state index contributed by atoms with van der Waals surface area (Å²) < 4.78 is 5.36. The average Bonchev–Trinajstić information content (AvgIpc) is 3.19. The molecule has 0 saturated heterocycles. The van der Waals surface area contributed by atoms with Crippen molar-refractivity contribution >= 4 is 41.3 Å². The maximum Gasteiger partial charge on any atom is 0.194 e. The molecule has 0 saturated carbocycles. The van der Waals surface area contributed by atoms with Crippen molar-refractivity contribution < 1.29 is 4.42 Å². The Morgan fingerprint density at radius 3 is 2.87 bits per heavy atom. The van der Waals surface area contributed by atoms with Gasteiger partial charge in [0.15, 0.2) is 5.96 Å². The minimum Gasteiger partial charge on any atom is -0.469 e. The van der Waals surface area contributed by atoms with Crippen molar-refractivity contribution in [3.05, 3.63) is 46.5 Å². The lowest BCUT2D eigenvalue weighted by Gasteiger charge is -2.25. The molecule has 4 nitrogen and oxygen atoms in total. The predicted octanol–water partition coefficient (Wildman–Crippen LogP) is 4.38. The van der Waals surface area contributed by atoms with E-state index in [1.807, 2.05) is 12.1 Å². The zero-order chi connectivity index (χ0) is 15.8. The normalized spacial score (nSPS) is 12.6. The first-order valence-electron chi connectivity index (χ1n) is 7.74. The predicted molar refractivity (Wildman–Crippen MR) is 109 cm³/mol. The van der Waals surface area contributed by atoms with Crippen LogP contribution in [0.5, 0.6) is 0 Å². The van der Waals surface area contributed by atoms with Crippen molar-refractivity contribution in [1.29, 1.82) is 0 Å². The molecule has 2 rings (SSSR count). The van der Waals surface area contributed by atoms with Gasteiger partial charge in [-0.1, -0.05) is 6.92 Å². The van der Waals surface area contributed by atoms with E-state index in [2.05, 4.69) is 47.9 Å². The number of rotatable bonds is 7. The Morgan fingerprint density at radius 2 is 2.26 bits per heavy atom. The van der Waals surface area contributed by atoms with Crippen molar-refractivity contribution in [2.75, 3.05) is 13.6 Å². The smallest absolute Gasteiger partial charge is 0.194 e. The summed E-state index contributed by atoms with van der Waals surface area (Å²) in [6, 6.07) is 6.48. The van der Waals surface area contributed by atoms with Crippen LogP contribution in [-0.2, 0) is 13.0 Å². The second-order valence-corrected chi connectivity index (χ2v) is 6.26. The second-order valence-electron chi connectivity index (χ2n) is 5.48. The maximum absolute atomic E-state index is 5.36. The molecule has 0 bridgehead atoms. The van der Waals surface area contributed by atoms with Crippen LogP contribution in [0.25, 0.3) is 0 Å². The van der Waals surface area contributed by atoms with Crippen molar-refractivity contribution in [2.24, 2.45) is 4.99 Å². The van der Waals surface area contributed by atoms with Crippen LogP contribution >= 0.6 is 35.3 Å². The number of nitrogens with one attached hydrogen (secondary N) is 1. The third-order valence-corrected chi connectivity index (χ3v) is 4.28. The third-order valence-electron chi connectivity index (χ3n) is 3.55. The van der Waals surface area contributed by atoms with Gasteiger partial charge in [0, 0.05) is 32.6 Å². The molecule has 0 amide bonds. The van der Waals surface area contributed by atoms with E-state index in [9.17, 15) is 0 Å². The number of aliphatic imine (C=N–C) groups is 1. The summed E-state index contributed by atoms with van der Waals surface area (Å²) >= 11 is 1.73. The molecule has 6 heteroatoms. The summed E-state index contributed by atoms with van der Waals surface area (Å²) in [4.78, 5) is 6.92. The molecule has 0 aromatic carbocycles. The maximum atomic E-state index is 5.36. The van der Waals surface area contributed by atoms with Crippen molar-refractivity contribution in [3.63, 3.8) is 0 Å². The number of thiophene rings is 1. The van der Waals surface area contributed by atoms with Gasteiger partial charge in [-0.25, -0.2) is 0 Å². The first-order chi connectivity index (χ1) is 10.7. The monoisotopic (exact) mass is 447 g/mol. The van der Waals surface area contributed by atoms with Crippen LogP contribution in [0.3, 0.4) is 0 Å². The molecule has 0 radical (unpaired) electrons. The van der Waals surface area contributed by atoms with Gasteiger partial charge < -0.3 is 14.6 Å². The van der Waals surface area contributed by atoms with Crippen LogP contribution in [0.15, 0.2) is 44.6 Å². The van der Waals surface area contributed by atoms with Gasteiger partial charge in [-0.15, -0.1) is 24.0 Å². The van der Waals surface area contributed by atoms with E-state index in [0.29, 0.717) is 6.04 Å². The van der Waals surface area contributed by atoms with Gasteiger partial charge in [0.05, 0.1) is 6.26 Å². The third kappa shape index (κ3) is 6.95. The highest BCUT2D eigenvalue weighted by molar-refractivity contribution is 14.0. The van der Waals surface area contributed by atoms with Crippen LogP contribution in [0, 0.1) is 0 Å². The fraction of sp³-hybridized carbons (Fsp3) is 0.471. The van der Waals surface area contributed by atoms with Crippen molar-refractivity contribution in [1.82, 2.24) is 10.2 Å². The topological polar surface area (TPSA) is 40.8 Å². The lowest BCUT2D eigenvalue weighted by Crippen LogP contribution is -2.43. The lowest BCUT2D eigenvalue weighted by molar-refractivity contribution is 0.458. The fourth-order valence-corrected chi connectivity index (χ4v) is 2.72. The zero-order valence-corrected chi connectivity index (χ0v) is 17.1. The van der Waals surface area contributed by atoms with Crippen molar-refractivity contribution in [3.8, 4) is 0 Å². The quantitative estimate of drug-likeness (QED) is 0.389. The largest absolute Gasteiger partial charge is 0.469 e. The van der Waals surface area contributed by atoms with Gasteiger partial charge in [-0.05, 0) is 47.9 Å². The molecule has 0 aliphatic carbocycles. The number of hydrogen-bond acceptors (Lipinski definition) is 3. The first-order valence-corrected chi connectivity index (χ1v) is 8.69. The van der Waals surface area contributed by atoms with Crippen LogP contribution < -0.4 is 5.32 Å². The molecule has 0 spiro atoms. The number of furan rings is 1. The van der Waals surface area contributed by atoms with Gasteiger partial charge in [-0.3, -0.25) is 4.99 Å². The first kappa shape index (κ1) is 20.0. The van der Waals surface area contributed by atoms with E-state index in [1.165, 1.54) is 5.56 Å². The summed E-state index contributed by atoms with van der Waals surface area (Å²) in [5.74, 6) is 1.93. The number of guanidine groups is 1. The van der Waals surface area contributed by atoms with E-state index < -0.39 is 0 Å². The molecule has 1 unspecified atom stereocenters. The summed E-state index contributed by atoms with van der Waals surface area (Å²) in [6.45, 7) is 5.95. The molecular weight excluding hydrogens is 421 g/mol. The van der Waals surface area contributed by atoms with Gasteiger partial charge in [-0.2, -0.15) is 11.3 Å². The van der Waals surface area contributed by atoms with Gasteiger partial charge in [0.25, 0.3) is 0 Å². The van der Waals surface area contributed by atoms with E-state index in [1.54, 1.807) is 17.6 Å². The number of hydrogen-bond donors (Lipinski definition) is 1. The summed E-state index contributed by atoms with van der Waals surface area (Å²) in [7, 11) is 2.08. The standard InChI is InChI=1S/C17H25N3OS.HI/c1-4-14(2)19-17(18-9-7-16-6-5-10-21-16)20(3)12-15-8-11-22-13-15;/h5-6,8,10-11,13-14H,4,7,9,12H2,1-3H3,(H,18,19);1H. The summed E-state index contributed by atoms with van der Waals surface area (Å²) in [5.41, 5.74) is 1.32. The van der Waals surface area contributed by atoms with E-state index in [0.717, 1.165) is 37.7 Å². The van der Waals surface area contributed by atoms with Crippen LogP contribution in [-0.4, -0.2) is 30.5 Å². The minimum atomic E-state index is 0. The highest BCUT2D eigenvalue weighted by Gasteiger charge is 2.10. The Balaban J connectivity index is 0.00000264. The fourth-order valence-electron chi connectivity index (χ4n) is 2.06. The molecule has 128 valence electrons. The summed E-state index contributed by atoms with van der Waals surface area (Å²) in [5, 5.41) is 7.80. The molecule has 2 aromatic rings. The van der Waals surface area contributed by atoms with Gasteiger partial charge in [0.1, 0.15) is 5.76 Å². The van der Waals surface area contributed by atoms with Gasteiger partial charge >= 0.3 is 0 Å². The Morgan fingerprint density at radius 1 is 1.43 bits per heavy atom. The van der Waals surface area contributed by atoms with Crippen LogP contribution in [0.2, 0.25) is 0 Å². The molecule has 1 N–H and O–H groups in total.